The van der Waals surface area contributed by atoms with Gasteiger partial charge in [-0.2, -0.15) is 0 Å². The monoisotopic (exact) mass is 136 g/mol. The van der Waals surface area contributed by atoms with E-state index in [-0.39, 0.29) is 0 Å². The summed E-state index contributed by atoms with van der Waals surface area (Å²) < 4.78 is 0. The molecule has 0 saturated heterocycles. The van der Waals surface area contributed by atoms with E-state index in [2.05, 4.69) is 32.6 Å². The van der Waals surface area contributed by atoms with Crippen molar-refractivity contribution in [2.24, 2.45) is 5.41 Å². The molecule has 0 N–H and O–H groups in total. The zero-order valence-electron chi connectivity index (χ0n) is 6.98. The summed E-state index contributed by atoms with van der Waals surface area (Å²) in [5.74, 6) is 0. The van der Waals surface area contributed by atoms with Gasteiger partial charge in [0.25, 0.3) is 0 Å². The van der Waals surface area contributed by atoms with Crippen LogP contribution in [0.5, 0.6) is 0 Å². The molecular formula is C10H16. The maximum Gasteiger partial charge on any atom is -0.0112 e. The molecule has 1 aliphatic carbocycles. The summed E-state index contributed by atoms with van der Waals surface area (Å²) in [6, 6.07) is 0. The molecule has 1 aliphatic rings. The average Bonchev–Trinajstić information content (AvgIpc) is 1.96. The van der Waals surface area contributed by atoms with Crippen LogP contribution in [0.3, 0.4) is 0 Å². The molecule has 0 saturated carbocycles. The van der Waals surface area contributed by atoms with Gasteiger partial charge in [0.1, 0.15) is 0 Å². The summed E-state index contributed by atoms with van der Waals surface area (Å²) >= 11 is 0. The van der Waals surface area contributed by atoms with Crippen LogP contribution in [0.4, 0.5) is 0 Å². The van der Waals surface area contributed by atoms with Crippen molar-refractivity contribution in [1.82, 2.24) is 0 Å². The predicted octanol–water partition coefficient (Wildman–Crippen LogP) is 3.31. The van der Waals surface area contributed by atoms with E-state index < -0.39 is 0 Å². The van der Waals surface area contributed by atoms with Gasteiger partial charge < -0.3 is 0 Å². The lowest BCUT2D eigenvalue weighted by molar-refractivity contribution is 0.380. The van der Waals surface area contributed by atoms with Gasteiger partial charge >= 0.3 is 0 Å². The highest BCUT2D eigenvalue weighted by atomic mass is 14.3. The Morgan fingerprint density at radius 2 is 2.40 bits per heavy atom. The highest BCUT2D eigenvalue weighted by Crippen LogP contribution is 2.35. The van der Waals surface area contributed by atoms with E-state index in [0.717, 1.165) is 0 Å². The van der Waals surface area contributed by atoms with Crippen molar-refractivity contribution in [3.05, 3.63) is 24.3 Å². The Morgan fingerprint density at radius 1 is 1.70 bits per heavy atom. The molecule has 0 heteroatoms. The molecular weight excluding hydrogens is 120 g/mol. The maximum atomic E-state index is 3.85. The summed E-state index contributed by atoms with van der Waals surface area (Å²) in [7, 11) is 0. The van der Waals surface area contributed by atoms with Gasteiger partial charge in [-0.3, -0.25) is 0 Å². The van der Waals surface area contributed by atoms with E-state index in [1.54, 1.807) is 5.57 Å². The molecule has 0 fully saturated rings. The molecule has 0 heterocycles. The smallest absolute Gasteiger partial charge is 0.0112 e. The quantitative estimate of drug-likeness (QED) is 0.485. The van der Waals surface area contributed by atoms with Gasteiger partial charge in [0.2, 0.25) is 0 Å². The van der Waals surface area contributed by atoms with Crippen molar-refractivity contribution in [3.63, 3.8) is 0 Å². The SMILES string of the molecule is C=CC1(C)CC=C(C)CC1. The van der Waals surface area contributed by atoms with Crippen molar-refractivity contribution in [1.29, 1.82) is 0 Å². The Balaban J connectivity index is 2.64. The number of rotatable bonds is 1. The first kappa shape index (κ1) is 7.59. The first-order valence-electron chi connectivity index (χ1n) is 3.95. The van der Waals surface area contributed by atoms with Gasteiger partial charge in [-0.05, 0) is 31.6 Å². The topological polar surface area (TPSA) is 0 Å². The fourth-order valence-corrected chi connectivity index (χ4v) is 1.28. The minimum Gasteiger partial charge on any atom is -0.103 e. The van der Waals surface area contributed by atoms with Crippen LogP contribution in [0.15, 0.2) is 24.3 Å². The summed E-state index contributed by atoms with van der Waals surface area (Å²) in [5, 5.41) is 0. The van der Waals surface area contributed by atoms with Gasteiger partial charge in [-0.1, -0.05) is 24.6 Å². The van der Waals surface area contributed by atoms with Gasteiger partial charge in [-0.25, -0.2) is 0 Å². The van der Waals surface area contributed by atoms with Crippen molar-refractivity contribution in [2.45, 2.75) is 33.1 Å². The molecule has 0 bridgehead atoms. The molecule has 56 valence electrons. The fourth-order valence-electron chi connectivity index (χ4n) is 1.28. The normalized spacial score (nSPS) is 33.2. The molecule has 1 atom stereocenters. The molecule has 0 aliphatic heterocycles. The molecule has 0 aromatic heterocycles. The lowest BCUT2D eigenvalue weighted by Crippen LogP contribution is -2.15. The van der Waals surface area contributed by atoms with E-state index in [9.17, 15) is 0 Å². The second-order valence-electron chi connectivity index (χ2n) is 3.61. The second-order valence-corrected chi connectivity index (χ2v) is 3.61. The standard InChI is InChI=1S/C10H16/c1-4-10(3)7-5-9(2)6-8-10/h4-5H,1,6-8H2,2-3H3. The zero-order valence-corrected chi connectivity index (χ0v) is 6.98. The van der Waals surface area contributed by atoms with E-state index in [1.165, 1.54) is 19.3 Å². The first-order chi connectivity index (χ1) is 4.66. The number of allylic oxidation sites excluding steroid dienone is 3. The van der Waals surface area contributed by atoms with Crippen LogP contribution >= 0.6 is 0 Å². The Hall–Kier alpha value is -0.520. The molecule has 10 heavy (non-hydrogen) atoms. The maximum absolute atomic E-state index is 3.85. The third-order valence-electron chi connectivity index (χ3n) is 2.50. The van der Waals surface area contributed by atoms with Crippen LogP contribution in [0.2, 0.25) is 0 Å². The fraction of sp³-hybridized carbons (Fsp3) is 0.600. The van der Waals surface area contributed by atoms with Crippen LogP contribution in [0, 0.1) is 5.41 Å². The molecule has 0 nitrogen and oxygen atoms in total. The summed E-state index contributed by atoms with van der Waals surface area (Å²) in [6.07, 6.45) is 8.14. The molecule has 0 radical (unpaired) electrons. The van der Waals surface area contributed by atoms with E-state index in [1.807, 2.05) is 0 Å². The summed E-state index contributed by atoms with van der Waals surface area (Å²) in [4.78, 5) is 0. The second kappa shape index (κ2) is 2.61. The predicted molar refractivity (Wildman–Crippen MR) is 45.9 cm³/mol. The van der Waals surface area contributed by atoms with Crippen LogP contribution in [0.1, 0.15) is 33.1 Å². The van der Waals surface area contributed by atoms with Gasteiger partial charge in [-0.15, -0.1) is 6.58 Å². The molecule has 0 aromatic rings. The third-order valence-corrected chi connectivity index (χ3v) is 2.50. The van der Waals surface area contributed by atoms with Gasteiger partial charge in [0.15, 0.2) is 0 Å². The third kappa shape index (κ3) is 1.50. The summed E-state index contributed by atoms with van der Waals surface area (Å²) in [6.45, 7) is 8.34. The highest BCUT2D eigenvalue weighted by Gasteiger charge is 2.21. The molecule has 0 spiro atoms. The first-order valence-corrected chi connectivity index (χ1v) is 3.95. The van der Waals surface area contributed by atoms with Gasteiger partial charge in [0, 0.05) is 0 Å². The lowest BCUT2D eigenvalue weighted by Gasteiger charge is -2.28. The molecule has 0 aromatic carbocycles. The van der Waals surface area contributed by atoms with Crippen LogP contribution in [-0.4, -0.2) is 0 Å². The Morgan fingerprint density at radius 3 is 2.80 bits per heavy atom. The van der Waals surface area contributed by atoms with Crippen LogP contribution < -0.4 is 0 Å². The Bertz CT molecular complexity index is 165. The Kier molecular flexibility index (Phi) is 1.98. The van der Waals surface area contributed by atoms with E-state index >= 15 is 0 Å². The van der Waals surface area contributed by atoms with E-state index in [0.29, 0.717) is 5.41 Å². The largest absolute Gasteiger partial charge is 0.103 e. The van der Waals surface area contributed by atoms with E-state index in [4.69, 9.17) is 0 Å². The zero-order chi connectivity index (χ0) is 7.61. The van der Waals surface area contributed by atoms with Crippen LogP contribution in [0.25, 0.3) is 0 Å². The molecule has 1 unspecified atom stereocenters. The van der Waals surface area contributed by atoms with Crippen LogP contribution in [-0.2, 0) is 0 Å². The average molecular weight is 136 g/mol. The van der Waals surface area contributed by atoms with Crippen molar-refractivity contribution in [3.8, 4) is 0 Å². The van der Waals surface area contributed by atoms with Crippen molar-refractivity contribution >= 4 is 0 Å². The lowest BCUT2D eigenvalue weighted by atomic mass is 9.77. The minimum atomic E-state index is 0.388. The van der Waals surface area contributed by atoms with Crippen molar-refractivity contribution < 1.29 is 0 Å². The van der Waals surface area contributed by atoms with Gasteiger partial charge in [0.05, 0.1) is 0 Å². The number of hydrogen-bond acceptors (Lipinski definition) is 0. The Labute approximate surface area is 63.6 Å². The molecule has 0 amide bonds. The summed E-state index contributed by atoms with van der Waals surface area (Å²) in [5.41, 5.74) is 1.93. The highest BCUT2D eigenvalue weighted by molar-refractivity contribution is 5.10. The van der Waals surface area contributed by atoms with Crippen molar-refractivity contribution in [2.75, 3.05) is 0 Å². The number of hydrogen-bond donors (Lipinski definition) is 0. The molecule has 1 rings (SSSR count). The minimum absolute atomic E-state index is 0.388.